The van der Waals surface area contributed by atoms with Gasteiger partial charge in [-0.15, -0.1) is 0 Å². The Hall–Kier alpha value is -0.850. The van der Waals surface area contributed by atoms with Crippen LogP contribution in [0.4, 0.5) is 0 Å². The van der Waals surface area contributed by atoms with E-state index in [2.05, 4.69) is 26.5 Å². The minimum Gasteiger partial charge on any atom is -0.300 e. The summed E-state index contributed by atoms with van der Waals surface area (Å²) in [6, 6.07) is 0. The molecule has 0 heterocycles. The molecule has 74 valence electrons. The topological polar surface area (TPSA) is 17.1 Å². The molecular formula is C12H20O. The molecule has 0 bridgehead atoms. The van der Waals surface area contributed by atoms with Crippen molar-refractivity contribution < 1.29 is 4.79 Å². The summed E-state index contributed by atoms with van der Waals surface area (Å²) in [5.74, 6) is 0.572. The van der Waals surface area contributed by atoms with Crippen LogP contribution < -0.4 is 0 Å². The lowest BCUT2D eigenvalue weighted by atomic mass is 9.92. The van der Waals surface area contributed by atoms with Gasteiger partial charge in [0.1, 0.15) is 5.78 Å². The van der Waals surface area contributed by atoms with E-state index in [9.17, 15) is 4.79 Å². The van der Waals surface area contributed by atoms with Crippen molar-refractivity contribution in [2.24, 2.45) is 5.92 Å². The molecule has 0 aliphatic heterocycles. The first kappa shape index (κ1) is 12.2. The van der Waals surface area contributed by atoms with E-state index in [4.69, 9.17) is 0 Å². The molecule has 0 aliphatic rings. The van der Waals surface area contributed by atoms with Crippen molar-refractivity contribution in [1.82, 2.24) is 0 Å². The molecule has 13 heavy (non-hydrogen) atoms. The van der Waals surface area contributed by atoms with Crippen molar-refractivity contribution in [3.8, 4) is 0 Å². The zero-order chi connectivity index (χ0) is 10.4. The maximum atomic E-state index is 10.9. The first-order valence-electron chi connectivity index (χ1n) is 4.71. The Kier molecular flexibility index (Phi) is 5.36. The Morgan fingerprint density at radius 1 is 1.31 bits per heavy atom. The third-order valence-electron chi connectivity index (χ3n) is 2.04. The molecule has 0 N–H and O–H groups in total. The van der Waals surface area contributed by atoms with Gasteiger partial charge in [0.15, 0.2) is 0 Å². The van der Waals surface area contributed by atoms with Crippen molar-refractivity contribution in [1.29, 1.82) is 0 Å². The van der Waals surface area contributed by atoms with Crippen LogP contribution >= 0.6 is 0 Å². The van der Waals surface area contributed by atoms with Crippen molar-refractivity contribution in [3.63, 3.8) is 0 Å². The molecular weight excluding hydrogens is 160 g/mol. The number of carbonyl (C=O) groups is 1. The van der Waals surface area contributed by atoms with Gasteiger partial charge in [0.05, 0.1) is 0 Å². The van der Waals surface area contributed by atoms with Gasteiger partial charge in [0.25, 0.3) is 0 Å². The average molecular weight is 180 g/mol. The molecule has 0 aromatic heterocycles. The van der Waals surface area contributed by atoms with Crippen LogP contribution in [0.15, 0.2) is 23.8 Å². The normalized spacial score (nSPS) is 12.0. The number of rotatable bonds is 5. The Bertz CT molecular complexity index is 219. The van der Waals surface area contributed by atoms with Crippen molar-refractivity contribution >= 4 is 5.78 Å². The fraction of sp³-hybridized carbons (Fsp3) is 0.583. The van der Waals surface area contributed by atoms with E-state index in [0.717, 1.165) is 12.0 Å². The average Bonchev–Trinajstić information content (AvgIpc) is 1.96. The molecule has 0 aromatic rings. The Morgan fingerprint density at radius 3 is 2.15 bits per heavy atom. The van der Waals surface area contributed by atoms with Crippen LogP contribution in [0.25, 0.3) is 0 Å². The fourth-order valence-electron chi connectivity index (χ4n) is 1.18. The highest BCUT2D eigenvalue weighted by Gasteiger charge is 2.10. The first-order chi connectivity index (χ1) is 5.93. The molecule has 0 rings (SSSR count). The van der Waals surface area contributed by atoms with Gasteiger partial charge in [-0.1, -0.05) is 23.8 Å². The first-order valence-corrected chi connectivity index (χ1v) is 4.71. The number of Topliss-reactive ketones (excluding diaryl/α,β-unsaturated/α-hetero) is 1. The highest BCUT2D eigenvalue weighted by Crippen LogP contribution is 2.19. The second kappa shape index (κ2) is 5.74. The monoisotopic (exact) mass is 180 g/mol. The van der Waals surface area contributed by atoms with Crippen LogP contribution in [0.1, 0.15) is 40.5 Å². The third-order valence-corrected chi connectivity index (χ3v) is 2.04. The van der Waals surface area contributed by atoms with E-state index in [1.54, 1.807) is 6.92 Å². The molecule has 0 radical (unpaired) electrons. The van der Waals surface area contributed by atoms with Crippen molar-refractivity contribution in [2.75, 3.05) is 0 Å². The predicted molar refractivity (Wildman–Crippen MR) is 57.7 cm³/mol. The van der Waals surface area contributed by atoms with Gasteiger partial charge >= 0.3 is 0 Å². The van der Waals surface area contributed by atoms with Crippen LogP contribution in [0, 0.1) is 5.92 Å². The Balaban J connectivity index is 4.19. The summed E-state index contributed by atoms with van der Waals surface area (Å²) in [4.78, 5) is 10.9. The van der Waals surface area contributed by atoms with Crippen LogP contribution in [-0.2, 0) is 4.79 Å². The van der Waals surface area contributed by atoms with Gasteiger partial charge in [-0.3, -0.25) is 0 Å². The second-order valence-corrected chi connectivity index (χ2v) is 3.97. The molecule has 0 saturated heterocycles. The third kappa shape index (κ3) is 6.32. The molecule has 0 aliphatic carbocycles. The van der Waals surface area contributed by atoms with Crippen LogP contribution in [0.2, 0.25) is 0 Å². The van der Waals surface area contributed by atoms with E-state index in [-0.39, 0.29) is 5.78 Å². The van der Waals surface area contributed by atoms with E-state index < -0.39 is 0 Å². The van der Waals surface area contributed by atoms with Gasteiger partial charge in [-0.2, -0.15) is 0 Å². The zero-order valence-electron chi connectivity index (χ0n) is 9.18. The summed E-state index contributed by atoms with van der Waals surface area (Å²) in [5.41, 5.74) is 2.41. The molecule has 0 spiro atoms. The Labute approximate surface area is 81.5 Å². The number of carbonyl (C=O) groups excluding carboxylic acids is 1. The summed E-state index contributed by atoms with van der Waals surface area (Å²) < 4.78 is 0. The Morgan fingerprint density at radius 2 is 1.85 bits per heavy atom. The van der Waals surface area contributed by atoms with Crippen molar-refractivity contribution in [3.05, 3.63) is 23.8 Å². The van der Waals surface area contributed by atoms with Crippen LogP contribution in [0.5, 0.6) is 0 Å². The van der Waals surface area contributed by atoms with Gasteiger partial charge in [0.2, 0.25) is 0 Å². The molecule has 1 atom stereocenters. The lowest BCUT2D eigenvalue weighted by molar-refractivity contribution is -0.117. The fourth-order valence-corrected chi connectivity index (χ4v) is 1.18. The van der Waals surface area contributed by atoms with E-state index in [1.165, 1.54) is 5.57 Å². The van der Waals surface area contributed by atoms with Gasteiger partial charge in [-0.05, 0) is 40.0 Å². The van der Waals surface area contributed by atoms with Gasteiger partial charge in [-0.25, -0.2) is 0 Å². The van der Waals surface area contributed by atoms with E-state index in [0.29, 0.717) is 12.3 Å². The second-order valence-electron chi connectivity index (χ2n) is 3.97. The maximum absolute atomic E-state index is 10.9. The van der Waals surface area contributed by atoms with Gasteiger partial charge < -0.3 is 4.79 Å². The summed E-state index contributed by atoms with van der Waals surface area (Å²) in [7, 11) is 0. The highest BCUT2D eigenvalue weighted by atomic mass is 16.1. The molecule has 0 fully saturated rings. The van der Waals surface area contributed by atoms with E-state index >= 15 is 0 Å². The van der Waals surface area contributed by atoms with Gasteiger partial charge in [0, 0.05) is 6.42 Å². The minimum absolute atomic E-state index is 0.246. The van der Waals surface area contributed by atoms with Crippen LogP contribution in [0.3, 0.4) is 0 Å². The lowest BCUT2D eigenvalue weighted by Crippen LogP contribution is -2.05. The molecule has 0 aromatic carbocycles. The smallest absolute Gasteiger partial charge is 0.130 e. The predicted octanol–water partition coefficient (Wildman–Crippen LogP) is 3.51. The SMILES string of the molecule is C=C(C)[C@H](CC=C(C)C)CC(C)=O. The molecule has 0 amide bonds. The number of allylic oxidation sites excluding steroid dienone is 3. The summed E-state index contributed by atoms with van der Waals surface area (Å²) in [6.07, 6.45) is 3.73. The molecule has 0 unspecified atom stereocenters. The van der Waals surface area contributed by atoms with E-state index in [1.807, 2.05) is 6.92 Å². The molecule has 0 saturated carbocycles. The number of hydrogen-bond acceptors (Lipinski definition) is 1. The molecule has 1 nitrogen and oxygen atoms in total. The highest BCUT2D eigenvalue weighted by molar-refractivity contribution is 5.76. The van der Waals surface area contributed by atoms with Crippen LogP contribution in [-0.4, -0.2) is 5.78 Å². The molecule has 1 heteroatoms. The number of ketones is 1. The summed E-state index contributed by atoms with van der Waals surface area (Å²) in [5, 5.41) is 0. The zero-order valence-corrected chi connectivity index (χ0v) is 9.18. The van der Waals surface area contributed by atoms with Crippen molar-refractivity contribution in [2.45, 2.75) is 40.5 Å². The number of hydrogen-bond donors (Lipinski definition) is 0. The quantitative estimate of drug-likeness (QED) is 0.592. The minimum atomic E-state index is 0.246. The lowest BCUT2D eigenvalue weighted by Gasteiger charge is -2.12. The largest absolute Gasteiger partial charge is 0.300 e. The maximum Gasteiger partial charge on any atom is 0.130 e. The summed E-state index contributed by atoms with van der Waals surface area (Å²) in [6.45, 7) is 11.7. The summed E-state index contributed by atoms with van der Waals surface area (Å²) >= 11 is 0. The standard InChI is InChI=1S/C12H20O/c1-9(2)6-7-12(10(3)4)8-11(5)13/h6,12H,3,7-8H2,1-2,4-5H3/t12-/m1/s1.